The van der Waals surface area contributed by atoms with Gasteiger partial charge in [-0.25, -0.2) is 4.79 Å². The van der Waals surface area contributed by atoms with Crippen LogP contribution < -0.4 is 0 Å². The summed E-state index contributed by atoms with van der Waals surface area (Å²) in [5.74, 6) is 0.958. The van der Waals surface area contributed by atoms with E-state index in [1.54, 1.807) is 0 Å². The van der Waals surface area contributed by atoms with Gasteiger partial charge in [0.15, 0.2) is 0 Å². The van der Waals surface area contributed by atoms with E-state index in [9.17, 15) is 4.79 Å². The summed E-state index contributed by atoms with van der Waals surface area (Å²) < 4.78 is 0. The molecule has 0 aliphatic rings. The van der Waals surface area contributed by atoms with E-state index >= 15 is 0 Å². The van der Waals surface area contributed by atoms with Crippen molar-refractivity contribution < 1.29 is 9.90 Å². The van der Waals surface area contributed by atoms with Crippen LogP contribution in [0.5, 0.6) is 0 Å². The molecule has 10 heavy (non-hydrogen) atoms. The fraction of sp³-hybridized carbons (Fsp3) is 0.143. The molecular formula is C7H5NO2. The third-order valence-corrected chi connectivity index (χ3v) is 0.775. The van der Waals surface area contributed by atoms with Crippen molar-refractivity contribution in [2.45, 2.75) is 6.42 Å². The second-order valence-corrected chi connectivity index (χ2v) is 1.44. The summed E-state index contributed by atoms with van der Waals surface area (Å²) in [5.41, 5.74) is -0.307. The van der Waals surface area contributed by atoms with Crippen LogP contribution in [0.3, 0.4) is 0 Å². The molecule has 0 radical (unpaired) electrons. The number of nitriles is 1. The Hall–Kier alpha value is -1.74. The quantitative estimate of drug-likeness (QED) is 0.341. The van der Waals surface area contributed by atoms with E-state index < -0.39 is 5.97 Å². The highest BCUT2D eigenvalue weighted by Gasteiger charge is 2.02. The molecule has 0 spiro atoms. The fourth-order valence-corrected chi connectivity index (χ4v) is 0.342. The lowest BCUT2D eigenvalue weighted by atomic mass is 10.2. The third-order valence-electron chi connectivity index (χ3n) is 0.775. The highest BCUT2D eigenvalue weighted by atomic mass is 16.4. The van der Waals surface area contributed by atoms with Gasteiger partial charge in [0.1, 0.15) is 11.6 Å². The molecule has 0 aromatic carbocycles. The maximum absolute atomic E-state index is 10.1. The Labute approximate surface area is 58.6 Å². The predicted molar refractivity (Wildman–Crippen MR) is 34.8 cm³/mol. The molecule has 1 N–H and O–H groups in total. The minimum atomic E-state index is -1.24. The summed E-state index contributed by atoms with van der Waals surface area (Å²) in [5, 5.41) is 16.4. The molecule has 0 heterocycles. The van der Waals surface area contributed by atoms with Gasteiger partial charge >= 0.3 is 5.97 Å². The number of allylic oxidation sites excluding steroid dienone is 1. The van der Waals surface area contributed by atoms with Crippen LogP contribution in [0.15, 0.2) is 11.6 Å². The normalized spacial score (nSPS) is 9.60. The number of carbonyl (C=O) groups is 1. The molecule has 0 atom stereocenters. The fourth-order valence-electron chi connectivity index (χ4n) is 0.342. The Kier molecular flexibility index (Phi) is 3.44. The third kappa shape index (κ3) is 2.54. The van der Waals surface area contributed by atoms with Crippen molar-refractivity contribution in [3.63, 3.8) is 0 Å². The first kappa shape index (κ1) is 8.26. The van der Waals surface area contributed by atoms with Gasteiger partial charge < -0.3 is 5.11 Å². The molecule has 50 valence electrons. The van der Waals surface area contributed by atoms with E-state index in [1.165, 1.54) is 12.1 Å². The van der Waals surface area contributed by atoms with Crippen molar-refractivity contribution in [2.24, 2.45) is 0 Å². The highest BCUT2D eigenvalue weighted by Crippen LogP contribution is 1.93. The van der Waals surface area contributed by atoms with E-state index in [0.717, 1.165) is 0 Å². The zero-order chi connectivity index (χ0) is 7.98. The van der Waals surface area contributed by atoms with Crippen LogP contribution in [-0.4, -0.2) is 11.1 Å². The summed E-state index contributed by atoms with van der Waals surface area (Å²) in [7, 11) is 0. The number of hydrogen-bond donors (Lipinski definition) is 1. The minimum Gasteiger partial charge on any atom is -0.477 e. The van der Waals surface area contributed by atoms with Gasteiger partial charge in [-0.2, -0.15) is 5.26 Å². The standard InChI is InChI=1S/C7H5NO2/c1-2-3-4-6(5-8)7(9)10/h1,4H,3H2,(H,9,10). The van der Waals surface area contributed by atoms with Crippen molar-refractivity contribution in [1.29, 1.82) is 5.26 Å². The van der Waals surface area contributed by atoms with Gasteiger partial charge in [-0.1, -0.05) is 0 Å². The number of aliphatic carboxylic acids is 1. The second kappa shape index (κ2) is 4.17. The van der Waals surface area contributed by atoms with Crippen LogP contribution in [0, 0.1) is 23.7 Å². The summed E-state index contributed by atoms with van der Waals surface area (Å²) in [6.45, 7) is 0. The number of carboxylic acid groups (broad SMARTS) is 1. The summed E-state index contributed by atoms with van der Waals surface area (Å²) >= 11 is 0. The van der Waals surface area contributed by atoms with Gasteiger partial charge in [0.25, 0.3) is 0 Å². The summed E-state index contributed by atoms with van der Waals surface area (Å²) in [4.78, 5) is 10.1. The molecule has 0 bridgehead atoms. The van der Waals surface area contributed by atoms with Gasteiger partial charge in [0.2, 0.25) is 0 Å². The maximum Gasteiger partial charge on any atom is 0.346 e. The van der Waals surface area contributed by atoms with Crippen molar-refractivity contribution in [2.75, 3.05) is 0 Å². The average molecular weight is 135 g/mol. The van der Waals surface area contributed by atoms with Crippen molar-refractivity contribution in [1.82, 2.24) is 0 Å². The first-order chi connectivity index (χ1) is 4.72. The lowest BCUT2D eigenvalue weighted by Gasteiger charge is -1.84. The van der Waals surface area contributed by atoms with E-state index in [-0.39, 0.29) is 12.0 Å². The molecule has 0 aromatic rings. The first-order valence-electron chi connectivity index (χ1n) is 2.49. The minimum absolute atomic E-state index is 0.176. The lowest BCUT2D eigenvalue weighted by molar-refractivity contribution is -0.132. The van der Waals surface area contributed by atoms with Crippen molar-refractivity contribution in [3.8, 4) is 18.4 Å². The molecule has 0 unspecified atom stereocenters. The number of rotatable bonds is 2. The Morgan fingerprint density at radius 3 is 2.70 bits per heavy atom. The van der Waals surface area contributed by atoms with Crippen LogP contribution >= 0.6 is 0 Å². The molecule has 0 amide bonds. The highest BCUT2D eigenvalue weighted by molar-refractivity contribution is 5.90. The Balaban J connectivity index is 4.27. The zero-order valence-corrected chi connectivity index (χ0v) is 5.16. The van der Waals surface area contributed by atoms with Crippen LogP contribution in [0.4, 0.5) is 0 Å². The average Bonchev–Trinajstić information content (AvgIpc) is 1.89. The Morgan fingerprint density at radius 2 is 2.40 bits per heavy atom. The van der Waals surface area contributed by atoms with Gasteiger partial charge in [0.05, 0.1) is 0 Å². The van der Waals surface area contributed by atoms with Gasteiger partial charge in [-0.05, 0) is 6.08 Å². The first-order valence-corrected chi connectivity index (χ1v) is 2.49. The van der Waals surface area contributed by atoms with E-state index in [1.807, 2.05) is 0 Å². The smallest absolute Gasteiger partial charge is 0.346 e. The molecule has 0 saturated carbocycles. The van der Waals surface area contributed by atoms with Crippen LogP contribution in [0.1, 0.15) is 6.42 Å². The molecule has 0 aliphatic heterocycles. The predicted octanol–water partition coefficient (Wildman–Crippen LogP) is 0.544. The van der Waals surface area contributed by atoms with E-state index in [2.05, 4.69) is 5.92 Å². The largest absolute Gasteiger partial charge is 0.477 e. The second-order valence-electron chi connectivity index (χ2n) is 1.44. The number of hydrogen-bond acceptors (Lipinski definition) is 2. The van der Waals surface area contributed by atoms with Crippen molar-refractivity contribution in [3.05, 3.63) is 11.6 Å². The van der Waals surface area contributed by atoms with Crippen LogP contribution in [0.25, 0.3) is 0 Å². The molecule has 0 saturated heterocycles. The number of terminal acetylenes is 1. The summed E-state index contributed by atoms with van der Waals surface area (Å²) in [6, 6.07) is 1.50. The van der Waals surface area contributed by atoms with Crippen LogP contribution in [0.2, 0.25) is 0 Å². The number of carboxylic acids is 1. The molecule has 0 fully saturated rings. The maximum atomic E-state index is 10.1. The summed E-state index contributed by atoms with van der Waals surface area (Å²) in [6.07, 6.45) is 6.21. The van der Waals surface area contributed by atoms with Crippen LogP contribution in [-0.2, 0) is 4.79 Å². The number of nitrogens with zero attached hydrogens (tertiary/aromatic N) is 1. The molecule has 3 heteroatoms. The monoisotopic (exact) mass is 135 g/mol. The van der Waals surface area contributed by atoms with E-state index in [4.69, 9.17) is 16.8 Å². The molecule has 0 aromatic heterocycles. The van der Waals surface area contributed by atoms with Gasteiger partial charge in [-0.3, -0.25) is 0 Å². The Bertz CT molecular complexity index is 239. The molecule has 0 aliphatic carbocycles. The Morgan fingerprint density at radius 1 is 1.80 bits per heavy atom. The topological polar surface area (TPSA) is 61.1 Å². The molecule has 3 nitrogen and oxygen atoms in total. The lowest BCUT2D eigenvalue weighted by Crippen LogP contribution is -1.96. The molecule has 0 rings (SSSR count). The molecular weight excluding hydrogens is 130 g/mol. The van der Waals surface area contributed by atoms with E-state index in [0.29, 0.717) is 0 Å². The van der Waals surface area contributed by atoms with Gasteiger partial charge in [-0.15, -0.1) is 12.3 Å². The SMILES string of the molecule is C#CCC=C(C#N)C(=O)O. The zero-order valence-electron chi connectivity index (χ0n) is 5.16. The van der Waals surface area contributed by atoms with Gasteiger partial charge in [0, 0.05) is 6.42 Å². The van der Waals surface area contributed by atoms with Crippen molar-refractivity contribution >= 4 is 5.97 Å².